The summed E-state index contributed by atoms with van der Waals surface area (Å²) < 4.78 is 0. The lowest BCUT2D eigenvalue weighted by molar-refractivity contribution is 0.956. The van der Waals surface area contributed by atoms with Crippen LogP contribution in [0.2, 0.25) is 0 Å². The van der Waals surface area contributed by atoms with Crippen molar-refractivity contribution in [1.29, 1.82) is 0 Å². The monoisotopic (exact) mass is 318 g/mol. The summed E-state index contributed by atoms with van der Waals surface area (Å²) in [7, 11) is 0. The summed E-state index contributed by atoms with van der Waals surface area (Å²) >= 11 is 3.46. The van der Waals surface area contributed by atoms with Gasteiger partial charge < -0.3 is 10.6 Å². The second-order valence-corrected chi connectivity index (χ2v) is 7.09. The van der Waals surface area contributed by atoms with Crippen molar-refractivity contribution in [2.45, 2.75) is 26.8 Å². The highest BCUT2D eigenvalue weighted by Crippen LogP contribution is 2.27. The molecule has 0 amide bonds. The van der Waals surface area contributed by atoms with Crippen molar-refractivity contribution in [2.75, 3.05) is 17.2 Å². The molecule has 0 atom stereocenters. The number of anilines is 2. The molecule has 0 aliphatic rings. The van der Waals surface area contributed by atoms with Crippen molar-refractivity contribution in [2.24, 2.45) is 0 Å². The number of hydrogen-bond acceptors (Lipinski definition) is 6. The van der Waals surface area contributed by atoms with E-state index in [0.29, 0.717) is 5.95 Å². The van der Waals surface area contributed by atoms with Crippen molar-refractivity contribution in [3.05, 3.63) is 33.3 Å². The van der Waals surface area contributed by atoms with Crippen LogP contribution >= 0.6 is 22.7 Å². The number of nitrogens with zero attached hydrogens (tertiary/aromatic N) is 2. The Morgan fingerprint density at radius 3 is 2.81 bits per heavy atom. The van der Waals surface area contributed by atoms with Crippen LogP contribution in [0.25, 0.3) is 10.2 Å². The van der Waals surface area contributed by atoms with Crippen LogP contribution in [0.4, 0.5) is 11.8 Å². The van der Waals surface area contributed by atoms with Crippen molar-refractivity contribution >= 4 is 44.7 Å². The molecule has 2 N–H and O–H groups in total. The minimum absolute atomic E-state index is 0.705. The van der Waals surface area contributed by atoms with E-state index < -0.39 is 0 Å². The number of fused-ring (bicyclic) bond motifs is 1. The molecule has 0 unspecified atom stereocenters. The Balaban J connectivity index is 1.83. The summed E-state index contributed by atoms with van der Waals surface area (Å²) in [6, 6.07) is 6.39. The van der Waals surface area contributed by atoms with Gasteiger partial charge in [0.2, 0.25) is 5.95 Å². The molecule has 6 heteroatoms. The topological polar surface area (TPSA) is 49.8 Å². The number of thiophene rings is 2. The van der Waals surface area contributed by atoms with Crippen molar-refractivity contribution in [3.63, 3.8) is 0 Å². The second-order valence-electron chi connectivity index (χ2n) is 4.83. The molecular formula is C15H18N4S2. The van der Waals surface area contributed by atoms with E-state index in [0.717, 1.165) is 35.5 Å². The zero-order chi connectivity index (χ0) is 14.7. The van der Waals surface area contributed by atoms with Crippen LogP contribution in [-0.4, -0.2) is 16.5 Å². The molecule has 0 spiro atoms. The van der Waals surface area contributed by atoms with Gasteiger partial charge in [0.25, 0.3) is 0 Å². The lowest BCUT2D eigenvalue weighted by Gasteiger charge is -2.09. The normalized spacial score (nSPS) is 11.0. The third-order valence-electron chi connectivity index (χ3n) is 3.08. The molecule has 0 aliphatic heterocycles. The van der Waals surface area contributed by atoms with E-state index >= 15 is 0 Å². The Morgan fingerprint density at radius 2 is 2.05 bits per heavy atom. The molecule has 3 rings (SSSR count). The summed E-state index contributed by atoms with van der Waals surface area (Å²) in [4.78, 5) is 12.8. The molecule has 0 bridgehead atoms. The Morgan fingerprint density at radius 1 is 1.14 bits per heavy atom. The van der Waals surface area contributed by atoms with Gasteiger partial charge >= 0.3 is 0 Å². The summed E-state index contributed by atoms with van der Waals surface area (Å²) in [5, 5.41) is 9.86. The van der Waals surface area contributed by atoms with Gasteiger partial charge in [-0.15, -0.1) is 22.7 Å². The smallest absolute Gasteiger partial charge is 0.226 e. The zero-order valence-corrected chi connectivity index (χ0v) is 13.8. The maximum Gasteiger partial charge on any atom is 0.226 e. The van der Waals surface area contributed by atoms with Crippen LogP contribution in [-0.2, 0) is 6.54 Å². The fraction of sp³-hybridized carbons (Fsp3) is 0.333. The first-order valence-electron chi connectivity index (χ1n) is 7.04. The minimum atomic E-state index is 0.705. The fourth-order valence-electron chi connectivity index (χ4n) is 2.06. The van der Waals surface area contributed by atoms with Gasteiger partial charge in [-0.2, -0.15) is 4.98 Å². The van der Waals surface area contributed by atoms with Crippen LogP contribution in [0.15, 0.2) is 23.6 Å². The molecule has 0 aromatic carbocycles. The van der Waals surface area contributed by atoms with Crippen molar-refractivity contribution in [1.82, 2.24) is 9.97 Å². The third kappa shape index (κ3) is 3.33. The van der Waals surface area contributed by atoms with Crippen LogP contribution in [0, 0.1) is 6.92 Å². The quantitative estimate of drug-likeness (QED) is 0.703. The molecule has 110 valence electrons. The largest absolute Gasteiger partial charge is 0.364 e. The fourth-order valence-corrected chi connectivity index (χ4v) is 3.65. The van der Waals surface area contributed by atoms with Gasteiger partial charge in [-0.3, -0.25) is 0 Å². The summed E-state index contributed by atoms with van der Waals surface area (Å²) in [5.74, 6) is 1.61. The first-order chi connectivity index (χ1) is 10.3. The highest BCUT2D eigenvalue weighted by Gasteiger charge is 2.09. The van der Waals surface area contributed by atoms with E-state index in [1.165, 1.54) is 9.75 Å². The molecule has 21 heavy (non-hydrogen) atoms. The van der Waals surface area contributed by atoms with Crippen LogP contribution < -0.4 is 10.6 Å². The predicted molar refractivity (Wildman–Crippen MR) is 92.6 cm³/mol. The lowest BCUT2D eigenvalue weighted by Crippen LogP contribution is -2.07. The average Bonchev–Trinajstić information content (AvgIpc) is 3.11. The SMILES string of the molecule is CCCNc1nc(NCc2ccc(C)s2)c2ccsc2n1. The van der Waals surface area contributed by atoms with E-state index in [9.17, 15) is 0 Å². The Kier molecular flexibility index (Phi) is 4.36. The van der Waals surface area contributed by atoms with Gasteiger partial charge in [-0.25, -0.2) is 4.98 Å². The van der Waals surface area contributed by atoms with Crippen molar-refractivity contribution < 1.29 is 0 Å². The van der Waals surface area contributed by atoms with E-state index in [4.69, 9.17) is 0 Å². The van der Waals surface area contributed by atoms with Gasteiger partial charge in [0, 0.05) is 16.3 Å². The molecule has 3 aromatic rings. The highest BCUT2D eigenvalue weighted by atomic mass is 32.1. The van der Waals surface area contributed by atoms with Crippen LogP contribution in [0.1, 0.15) is 23.1 Å². The standard InChI is InChI=1S/C15H18N4S2/c1-3-7-16-15-18-13(12-6-8-20-14(12)19-15)17-9-11-5-4-10(2)21-11/h4-6,8H,3,7,9H2,1-2H3,(H2,16,17,18,19). The van der Waals surface area contributed by atoms with Crippen LogP contribution in [0.5, 0.6) is 0 Å². The molecule has 3 heterocycles. The number of aromatic nitrogens is 2. The van der Waals surface area contributed by atoms with E-state index in [-0.39, 0.29) is 0 Å². The molecule has 4 nitrogen and oxygen atoms in total. The first kappa shape index (κ1) is 14.3. The molecule has 0 fully saturated rings. The van der Waals surface area contributed by atoms with Crippen LogP contribution in [0.3, 0.4) is 0 Å². The predicted octanol–water partition coefficient (Wildman–Crippen LogP) is 4.50. The number of nitrogens with one attached hydrogen (secondary N) is 2. The molecule has 0 saturated heterocycles. The molecular weight excluding hydrogens is 300 g/mol. The minimum Gasteiger partial charge on any atom is -0.364 e. The molecule has 0 aliphatic carbocycles. The zero-order valence-electron chi connectivity index (χ0n) is 12.1. The van der Waals surface area contributed by atoms with Crippen molar-refractivity contribution in [3.8, 4) is 0 Å². The number of rotatable bonds is 6. The highest BCUT2D eigenvalue weighted by molar-refractivity contribution is 7.16. The van der Waals surface area contributed by atoms with E-state index in [1.54, 1.807) is 11.3 Å². The van der Waals surface area contributed by atoms with E-state index in [2.05, 4.69) is 58.0 Å². The maximum atomic E-state index is 4.61. The molecule has 0 radical (unpaired) electrons. The van der Waals surface area contributed by atoms with Gasteiger partial charge in [0.05, 0.1) is 11.9 Å². The Labute approximate surface area is 132 Å². The summed E-state index contributed by atoms with van der Waals surface area (Å²) in [5.41, 5.74) is 0. The van der Waals surface area contributed by atoms with E-state index in [1.807, 2.05) is 11.3 Å². The Bertz CT molecular complexity index is 732. The molecule has 0 saturated carbocycles. The summed E-state index contributed by atoms with van der Waals surface area (Å²) in [6.45, 7) is 5.95. The first-order valence-corrected chi connectivity index (χ1v) is 8.74. The average molecular weight is 318 g/mol. The number of aryl methyl sites for hydroxylation is 1. The van der Waals surface area contributed by atoms with Gasteiger partial charge in [-0.1, -0.05) is 6.92 Å². The van der Waals surface area contributed by atoms with Gasteiger partial charge in [0.15, 0.2) is 0 Å². The molecule has 3 aromatic heterocycles. The van der Waals surface area contributed by atoms with Gasteiger partial charge in [-0.05, 0) is 36.9 Å². The summed E-state index contributed by atoms with van der Waals surface area (Å²) in [6.07, 6.45) is 1.06. The Hall–Kier alpha value is -1.66. The maximum absolute atomic E-state index is 4.61. The third-order valence-corrected chi connectivity index (χ3v) is 4.89. The number of hydrogen-bond donors (Lipinski definition) is 2. The van der Waals surface area contributed by atoms with Gasteiger partial charge in [0.1, 0.15) is 10.6 Å². The lowest BCUT2D eigenvalue weighted by atomic mass is 10.3. The second kappa shape index (κ2) is 6.41.